The lowest BCUT2D eigenvalue weighted by Crippen LogP contribution is -2.43. The molecule has 2 aromatic heterocycles. The first-order valence-electron chi connectivity index (χ1n) is 9.61. The van der Waals surface area contributed by atoms with Gasteiger partial charge < -0.3 is 10.6 Å². The minimum absolute atomic E-state index is 0.0140. The van der Waals surface area contributed by atoms with E-state index in [-0.39, 0.29) is 18.0 Å². The molecule has 2 N–H and O–H groups in total. The van der Waals surface area contributed by atoms with Crippen LogP contribution in [0.1, 0.15) is 31.5 Å². The number of pyridine rings is 1. The van der Waals surface area contributed by atoms with Crippen molar-refractivity contribution in [3.63, 3.8) is 0 Å². The molecule has 1 saturated heterocycles. The van der Waals surface area contributed by atoms with Gasteiger partial charge in [-0.25, -0.2) is 4.21 Å². The summed E-state index contributed by atoms with van der Waals surface area (Å²) in [5.74, 6) is 0.675. The van der Waals surface area contributed by atoms with Gasteiger partial charge in [-0.2, -0.15) is 0 Å². The van der Waals surface area contributed by atoms with Gasteiger partial charge >= 0.3 is 0 Å². The molecule has 0 radical (unpaired) electrons. The molecule has 1 aliphatic heterocycles. The first kappa shape index (κ1) is 17.6. The number of fused-ring (bicyclic) bond motifs is 2. The summed E-state index contributed by atoms with van der Waals surface area (Å²) >= 11 is 0. The van der Waals surface area contributed by atoms with Crippen molar-refractivity contribution in [3.8, 4) is 0 Å². The van der Waals surface area contributed by atoms with E-state index < -0.39 is 11.0 Å². The lowest BCUT2D eigenvalue weighted by molar-refractivity contribution is -0.123. The van der Waals surface area contributed by atoms with Crippen LogP contribution in [0.4, 0.5) is 0 Å². The summed E-state index contributed by atoms with van der Waals surface area (Å²) in [4.78, 5) is 17.6. The zero-order chi connectivity index (χ0) is 19.3. The largest absolute Gasteiger partial charge is 0.347 e. The highest BCUT2D eigenvalue weighted by Crippen LogP contribution is 2.40. The van der Waals surface area contributed by atoms with E-state index in [2.05, 4.69) is 15.6 Å². The highest BCUT2D eigenvalue weighted by atomic mass is 32.2. The molecule has 0 spiro atoms. The predicted molar refractivity (Wildman–Crippen MR) is 108 cm³/mol. The molecule has 28 heavy (non-hydrogen) atoms. The quantitative estimate of drug-likeness (QED) is 0.697. The Hall–Kier alpha value is -2.51. The smallest absolute Gasteiger partial charge is 0.237 e. The molecule has 5 atom stereocenters. The molecule has 7 heteroatoms. The maximum Gasteiger partial charge on any atom is 0.237 e. The Morgan fingerprint density at radius 3 is 2.86 bits per heavy atom. The molecule has 144 valence electrons. The van der Waals surface area contributed by atoms with Crippen LogP contribution in [0.25, 0.3) is 10.9 Å². The molecule has 1 aliphatic carbocycles. The van der Waals surface area contributed by atoms with E-state index in [4.69, 9.17) is 0 Å². The molecular weight excluding hydrogens is 372 g/mol. The monoisotopic (exact) mass is 394 g/mol. The molecule has 3 aromatic rings. The fraction of sp³-hybridized carbons (Fsp3) is 0.333. The van der Waals surface area contributed by atoms with Gasteiger partial charge in [0.05, 0.1) is 28.2 Å². The third kappa shape index (κ3) is 3.04. The molecule has 4 unspecified atom stereocenters. The van der Waals surface area contributed by atoms with Crippen LogP contribution in [0.3, 0.4) is 0 Å². The highest BCUT2D eigenvalue weighted by molar-refractivity contribution is 7.83. The lowest BCUT2D eigenvalue weighted by Gasteiger charge is -2.20. The average Bonchev–Trinajstić information content (AvgIpc) is 3.15. The number of benzene rings is 1. The number of carbonyl (C=O) groups excluding carboxylic acids is 1. The van der Waals surface area contributed by atoms with Crippen molar-refractivity contribution in [1.82, 2.24) is 19.6 Å². The standard InChI is InChI=1S/C21H22N4O2S/c1-13(23-21(26)18-10-14-9-17(14)24-18)20-11-15-12-22-8-7-19(15)25(20)28(27)16-5-3-2-4-6-16/h2-8,11-14,17-18,24H,9-10H2,1H3,(H,23,26)/t13-,14?,17?,18?,28?/m1/s1. The second-order valence-corrected chi connectivity index (χ2v) is 8.98. The third-order valence-electron chi connectivity index (χ3n) is 5.69. The van der Waals surface area contributed by atoms with Crippen molar-refractivity contribution in [1.29, 1.82) is 0 Å². The Bertz CT molecular complexity index is 1050. The first-order chi connectivity index (χ1) is 13.6. The molecule has 1 aromatic carbocycles. The van der Waals surface area contributed by atoms with E-state index in [9.17, 15) is 9.00 Å². The van der Waals surface area contributed by atoms with E-state index in [0.29, 0.717) is 16.9 Å². The summed E-state index contributed by atoms with van der Waals surface area (Å²) in [6.07, 6.45) is 5.56. The number of hydrogen-bond donors (Lipinski definition) is 2. The molecule has 5 rings (SSSR count). The minimum Gasteiger partial charge on any atom is -0.347 e. The van der Waals surface area contributed by atoms with Gasteiger partial charge in [-0.15, -0.1) is 0 Å². The van der Waals surface area contributed by atoms with Gasteiger partial charge in [-0.3, -0.25) is 13.8 Å². The maximum absolute atomic E-state index is 13.4. The van der Waals surface area contributed by atoms with Crippen molar-refractivity contribution in [2.24, 2.45) is 5.92 Å². The van der Waals surface area contributed by atoms with Crippen LogP contribution in [0, 0.1) is 5.92 Å². The van der Waals surface area contributed by atoms with E-state index in [1.807, 2.05) is 49.4 Å². The summed E-state index contributed by atoms with van der Waals surface area (Å²) < 4.78 is 15.2. The Kier molecular flexibility index (Phi) is 4.29. The Morgan fingerprint density at radius 2 is 2.11 bits per heavy atom. The Labute approximate surface area is 165 Å². The molecule has 0 bridgehead atoms. The van der Waals surface area contributed by atoms with E-state index in [1.165, 1.54) is 6.42 Å². The number of nitrogens with one attached hydrogen (secondary N) is 2. The highest BCUT2D eigenvalue weighted by Gasteiger charge is 2.48. The van der Waals surface area contributed by atoms with E-state index in [0.717, 1.165) is 23.0 Å². The predicted octanol–water partition coefficient (Wildman–Crippen LogP) is 2.53. The summed E-state index contributed by atoms with van der Waals surface area (Å²) in [7, 11) is -1.42. The molecule has 1 saturated carbocycles. The van der Waals surface area contributed by atoms with E-state index in [1.54, 1.807) is 16.4 Å². The van der Waals surface area contributed by atoms with Crippen LogP contribution in [0.5, 0.6) is 0 Å². The summed E-state index contributed by atoms with van der Waals surface area (Å²) in [5, 5.41) is 7.40. The van der Waals surface area contributed by atoms with Crippen molar-refractivity contribution < 1.29 is 9.00 Å². The van der Waals surface area contributed by atoms with Gasteiger partial charge in [0, 0.05) is 23.8 Å². The van der Waals surface area contributed by atoms with Crippen LogP contribution < -0.4 is 10.6 Å². The van der Waals surface area contributed by atoms with Crippen molar-refractivity contribution in [2.45, 2.75) is 42.8 Å². The van der Waals surface area contributed by atoms with Gasteiger partial charge in [-0.05, 0) is 49.9 Å². The zero-order valence-corrected chi connectivity index (χ0v) is 16.4. The number of amides is 1. The maximum atomic E-state index is 13.4. The topological polar surface area (TPSA) is 76.0 Å². The normalized spacial score (nSPS) is 25.2. The number of nitrogens with zero attached hydrogens (tertiary/aromatic N) is 2. The average molecular weight is 395 g/mol. The minimum atomic E-state index is -1.42. The van der Waals surface area contributed by atoms with Crippen molar-refractivity contribution in [3.05, 3.63) is 60.6 Å². The van der Waals surface area contributed by atoms with Gasteiger partial charge in [0.15, 0.2) is 11.0 Å². The van der Waals surface area contributed by atoms with Gasteiger partial charge in [0.25, 0.3) is 0 Å². The number of hydrogen-bond acceptors (Lipinski definition) is 4. The van der Waals surface area contributed by atoms with Gasteiger partial charge in [0.1, 0.15) is 0 Å². The number of aromatic nitrogens is 2. The van der Waals surface area contributed by atoms with Crippen LogP contribution >= 0.6 is 0 Å². The molecule has 2 fully saturated rings. The molecule has 3 heterocycles. The van der Waals surface area contributed by atoms with Crippen LogP contribution in [-0.2, 0) is 15.8 Å². The van der Waals surface area contributed by atoms with Gasteiger partial charge in [0.2, 0.25) is 5.91 Å². The summed E-state index contributed by atoms with van der Waals surface area (Å²) in [5.41, 5.74) is 1.65. The lowest BCUT2D eigenvalue weighted by atomic mass is 10.1. The molecule has 6 nitrogen and oxygen atoms in total. The van der Waals surface area contributed by atoms with E-state index >= 15 is 0 Å². The van der Waals surface area contributed by atoms with Crippen molar-refractivity contribution >= 4 is 27.8 Å². The fourth-order valence-corrected chi connectivity index (χ4v) is 5.44. The molecular formula is C21H22N4O2S. The Balaban J connectivity index is 1.48. The zero-order valence-electron chi connectivity index (χ0n) is 15.5. The van der Waals surface area contributed by atoms with Crippen molar-refractivity contribution in [2.75, 3.05) is 0 Å². The van der Waals surface area contributed by atoms with Crippen LogP contribution in [0.2, 0.25) is 0 Å². The first-order valence-corrected chi connectivity index (χ1v) is 10.7. The number of piperidine rings is 1. The molecule has 2 aliphatic rings. The number of carbonyl (C=O) groups is 1. The fourth-order valence-electron chi connectivity index (χ4n) is 4.09. The second-order valence-electron chi connectivity index (χ2n) is 7.65. The Morgan fingerprint density at radius 1 is 1.29 bits per heavy atom. The summed E-state index contributed by atoms with van der Waals surface area (Å²) in [6.45, 7) is 1.94. The van der Waals surface area contributed by atoms with Crippen LogP contribution in [-0.4, -0.2) is 31.2 Å². The summed E-state index contributed by atoms with van der Waals surface area (Å²) in [6, 6.07) is 13.3. The number of rotatable bonds is 5. The second kappa shape index (κ2) is 6.83. The van der Waals surface area contributed by atoms with Gasteiger partial charge in [-0.1, -0.05) is 18.2 Å². The third-order valence-corrected chi connectivity index (χ3v) is 7.11. The molecule has 1 amide bonds. The van der Waals surface area contributed by atoms with Crippen LogP contribution in [0.15, 0.2) is 59.8 Å². The SMILES string of the molecule is C[C@@H](NC(=O)C1CC2CC2N1)c1cc2cnccc2n1S(=O)c1ccccc1.